The number of hydrogen-bond donors (Lipinski definition) is 1. The molecule has 0 fully saturated rings. The minimum absolute atomic E-state index is 0.310. The van der Waals surface area contributed by atoms with Gasteiger partial charge in [-0.3, -0.25) is 4.99 Å². The van der Waals surface area contributed by atoms with Gasteiger partial charge in [0.1, 0.15) is 5.71 Å². The van der Waals surface area contributed by atoms with Gasteiger partial charge in [0.05, 0.1) is 7.11 Å². The Morgan fingerprint density at radius 3 is 2.50 bits per heavy atom. The van der Waals surface area contributed by atoms with Gasteiger partial charge in [-0.1, -0.05) is 0 Å². The monoisotopic (exact) mass is 170 g/mol. The number of aliphatic imine (C=N–C) groups is 1. The molecule has 0 aromatic heterocycles. The summed E-state index contributed by atoms with van der Waals surface area (Å²) in [4.78, 5) is 14.7. The minimum Gasteiger partial charge on any atom is -0.464 e. The Balaban J connectivity index is 4.50. The van der Waals surface area contributed by atoms with E-state index in [2.05, 4.69) is 15.0 Å². The average Bonchev–Trinajstić information content (AvgIpc) is 2.12. The maximum atomic E-state index is 11.0. The summed E-state index contributed by atoms with van der Waals surface area (Å²) in [5, 5.41) is 2.88. The first-order valence-electron chi connectivity index (χ1n) is 3.56. The van der Waals surface area contributed by atoms with Gasteiger partial charge < -0.3 is 10.1 Å². The number of carbonyl (C=O) groups is 1. The number of nitrogens with zero attached hydrogens (tertiary/aromatic N) is 1. The summed E-state index contributed by atoms with van der Waals surface area (Å²) in [5.74, 6) is -0.424. The van der Waals surface area contributed by atoms with E-state index in [1.54, 1.807) is 20.2 Å². The van der Waals surface area contributed by atoms with Crippen molar-refractivity contribution in [3.63, 3.8) is 0 Å². The highest BCUT2D eigenvalue weighted by Crippen LogP contribution is 1.90. The lowest BCUT2D eigenvalue weighted by Gasteiger charge is -2.00. The zero-order valence-corrected chi connectivity index (χ0v) is 7.84. The van der Waals surface area contributed by atoms with E-state index in [4.69, 9.17) is 0 Å². The molecule has 0 radical (unpaired) electrons. The van der Waals surface area contributed by atoms with E-state index in [1.807, 2.05) is 6.92 Å². The Labute approximate surface area is 72.3 Å². The molecule has 12 heavy (non-hydrogen) atoms. The minimum atomic E-state index is -0.424. The van der Waals surface area contributed by atoms with Gasteiger partial charge in [-0.25, -0.2) is 4.79 Å². The zero-order valence-electron chi connectivity index (χ0n) is 7.84. The predicted molar refractivity (Wildman–Crippen MR) is 48.2 cm³/mol. The molecule has 0 spiro atoms. The third-order valence-corrected chi connectivity index (χ3v) is 1.38. The number of hydrogen-bond acceptors (Lipinski definition) is 4. The van der Waals surface area contributed by atoms with Crippen LogP contribution in [0.2, 0.25) is 0 Å². The molecule has 4 heteroatoms. The van der Waals surface area contributed by atoms with E-state index in [1.165, 1.54) is 7.11 Å². The van der Waals surface area contributed by atoms with Crippen molar-refractivity contribution in [3.8, 4) is 0 Å². The van der Waals surface area contributed by atoms with Gasteiger partial charge in [-0.05, 0) is 13.0 Å². The Morgan fingerprint density at radius 1 is 1.58 bits per heavy atom. The highest BCUT2D eigenvalue weighted by atomic mass is 16.5. The molecule has 0 aliphatic carbocycles. The fourth-order valence-corrected chi connectivity index (χ4v) is 0.597. The molecule has 68 valence electrons. The number of allylic oxidation sites excluding steroid dienone is 1. The fourth-order valence-electron chi connectivity index (χ4n) is 0.597. The Hall–Kier alpha value is -1.32. The molecule has 0 aliphatic rings. The standard InChI is InChI=1S/C8H14N2O2/c1-6(9-2)5-7(10-3)8(11)12-4/h5,9H,1-4H3/b6-5-,10-7-. The summed E-state index contributed by atoms with van der Waals surface area (Å²) in [7, 11) is 4.65. The Bertz CT molecular complexity index is 219. The lowest BCUT2D eigenvalue weighted by atomic mass is 10.3. The maximum absolute atomic E-state index is 11.0. The van der Waals surface area contributed by atoms with Crippen molar-refractivity contribution < 1.29 is 9.53 Å². The number of rotatable bonds is 3. The molecule has 0 heterocycles. The first-order chi connectivity index (χ1) is 5.65. The topological polar surface area (TPSA) is 50.7 Å². The zero-order chi connectivity index (χ0) is 9.56. The molecule has 0 atom stereocenters. The van der Waals surface area contributed by atoms with Crippen molar-refractivity contribution >= 4 is 11.7 Å². The van der Waals surface area contributed by atoms with Crippen LogP contribution in [0, 0.1) is 0 Å². The van der Waals surface area contributed by atoms with Crippen LogP contribution in [0.3, 0.4) is 0 Å². The van der Waals surface area contributed by atoms with Crippen molar-refractivity contribution in [2.75, 3.05) is 21.2 Å². The van der Waals surface area contributed by atoms with Gasteiger partial charge in [0.15, 0.2) is 0 Å². The van der Waals surface area contributed by atoms with Crippen LogP contribution < -0.4 is 5.32 Å². The molecule has 0 aromatic rings. The van der Waals surface area contributed by atoms with Crippen LogP contribution in [0.1, 0.15) is 6.92 Å². The highest BCUT2D eigenvalue weighted by Gasteiger charge is 2.06. The van der Waals surface area contributed by atoms with Crippen molar-refractivity contribution in [1.82, 2.24) is 5.32 Å². The first kappa shape index (κ1) is 10.7. The Morgan fingerprint density at radius 2 is 2.17 bits per heavy atom. The maximum Gasteiger partial charge on any atom is 0.356 e. The molecule has 0 saturated carbocycles. The number of carbonyl (C=O) groups excluding carboxylic acids is 1. The van der Waals surface area contributed by atoms with Crippen LogP contribution in [0.15, 0.2) is 16.8 Å². The molecule has 0 bridgehead atoms. The van der Waals surface area contributed by atoms with Gasteiger partial charge in [0.25, 0.3) is 0 Å². The van der Waals surface area contributed by atoms with Crippen LogP contribution >= 0.6 is 0 Å². The van der Waals surface area contributed by atoms with Gasteiger partial charge in [0.2, 0.25) is 0 Å². The van der Waals surface area contributed by atoms with Gasteiger partial charge >= 0.3 is 5.97 Å². The predicted octanol–water partition coefficient (Wildman–Crippen LogP) is 0.353. The molecule has 0 saturated heterocycles. The highest BCUT2D eigenvalue weighted by molar-refractivity contribution is 6.41. The lowest BCUT2D eigenvalue weighted by Crippen LogP contribution is -2.15. The quantitative estimate of drug-likeness (QED) is 0.491. The molecule has 4 nitrogen and oxygen atoms in total. The molecule has 0 unspecified atom stereocenters. The van der Waals surface area contributed by atoms with Crippen molar-refractivity contribution in [1.29, 1.82) is 0 Å². The second kappa shape index (κ2) is 5.35. The fraction of sp³-hybridized carbons (Fsp3) is 0.500. The second-order valence-corrected chi connectivity index (χ2v) is 2.18. The van der Waals surface area contributed by atoms with Crippen molar-refractivity contribution in [2.24, 2.45) is 4.99 Å². The van der Waals surface area contributed by atoms with E-state index in [9.17, 15) is 4.79 Å². The third-order valence-electron chi connectivity index (χ3n) is 1.38. The van der Waals surface area contributed by atoms with E-state index < -0.39 is 5.97 Å². The van der Waals surface area contributed by atoms with Crippen LogP contribution in [0.5, 0.6) is 0 Å². The van der Waals surface area contributed by atoms with Crippen LogP contribution in [0.4, 0.5) is 0 Å². The van der Waals surface area contributed by atoms with Gasteiger partial charge in [-0.2, -0.15) is 0 Å². The van der Waals surface area contributed by atoms with E-state index in [0.717, 1.165) is 5.70 Å². The summed E-state index contributed by atoms with van der Waals surface area (Å²) >= 11 is 0. The lowest BCUT2D eigenvalue weighted by molar-refractivity contribution is -0.132. The third kappa shape index (κ3) is 3.18. The molecule has 1 N–H and O–H groups in total. The molecule has 0 rings (SSSR count). The van der Waals surface area contributed by atoms with Gasteiger partial charge in [-0.15, -0.1) is 0 Å². The number of methoxy groups -OCH3 is 1. The van der Waals surface area contributed by atoms with Crippen molar-refractivity contribution in [2.45, 2.75) is 6.92 Å². The average molecular weight is 170 g/mol. The smallest absolute Gasteiger partial charge is 0.356 e. The van der Waals surface area contributed by atoms with Crippen LogP contribution in [-0.2, 0) is 9.53 Å². The van der Waals surface area contributed by atoms with Crippen LogP contribution in [-0.4, -0.2) is 32.9 Å². The van der Waals surface area contributed by atoms with E-state index in [0.29, 0.717) is 5.71 Å². The molecular weight excluding hydrogens is 156 g/mol. The summed E-state index contributed by atoms with van der Waals surface area (Å²) in [5.41, 5.74) is 1.17. The summed E-state index contributed by atoms with van der Waals surface area (Å²) in [6, 6.07) is 0. The first-order valence-corrected chi connectivity index (χ1v) is 3.56. The molecule has 0 amide bonds. The molecule has 0 aliphatic heterocycles. The van der Waals surface area contributed by atoms with E-state index >= 15 is 0 Å². The normalized spacial score (nSPS) is 12.7. The van der Waals surface area contributed by atoms with E-state index in [-0.39, 0.29) is 0 Å². The summed E-state index contributed by atoms with van der Waals surface area (Å²) < 4.78 is 4.51. The largest absolute Gasteiger partial charge is 0.464 e. The number of ether oxygens (including phenoxy) is 1. The second-order valence-electron chi connectivity index (χ2n) is 2.18. The van der Waals surface area contributed by atoms with Crippen molar-refractivity contribution in [3.05, 3.63) is 11.8 Å². The summed E-state index contributed by atoms with van der Waals surface area (Å²) in [6.07, 6.45) is 1.63. The summed E-state index contributed by atoms with van der Waals surface area (Å²) in [6.45, 7) is 1.84. The SMILES string of the molecule is C/N=C(/C=C(/C)NC)C(=O)OC. The van der Waals surface area contributed by atoms with Gasteiger partial charge in [0, 0.05) is 19.8 Å². The number of nitrogens with one attached hydrogen (secondary N) is 1. The Kier molecular flexibility index (Phi) is 4.76. The van der Waals surface area contributed by atoms with Crippen LogP contribution in [0.25, 0.3) is 0 Å². The number of esters is 1. The molecular formula is C8H14N2O2. The molecule has 0 aromatic carbocycles.